The van der Waals surface area contributed by atoms with Crippen molar-refractivity contribution in [1.82, 2.24) is 0 Å². The van der Waals surface area contributed by atoms with Crippen LogP contribution >= 0.6 is 15.9 Å². The molecular formula is C10H15Br. The van der Waals surface area contributed by atoms with Crippen LogP contribution in [0.4, 0.5) is 0 Å². The van der Waals surface area contributed by atoms with Gasteiger partial charge in [0, 0.05) is 5.33 Å². The van der Waals surface area contributed by atoms with Crippen LogP contribution in [0.25, 0.3) is 0 Å². The summed E-state index contributed by atoms with van der Waals surface area (Å²) < 4.78 is 0. The largest absolute Gasteiger partial charge is 0.0961 e. The first-order valence-electron chi connectivity index (χ1n) is 3.75. The second-order valence-electron chi connectivity index (χ2n) is 2.48. The summed E-state index contributed by atoms with van der Waals surface area (Å²) in [5, 5.41) is 1.02. The van der Waals surface area contributed by atoms with E-state index < -0.39 is 0 Å². The van der Waals surface area contributed by atoms with Crippen LogP contribution in [0.3, 0.4) is 0 Å². The molecule has 0 amide bonds. The highest BCUT2D eigenvalue weighted by Gasteiger charge is 1.87. The Hall–Kier alpha value is -0.300. The summed E-state index contributed by atoms with van der Waals surface area (Å²) in [4.78, 5) is 0. The maximum atomic E-state index is 3.80. The van der Waals surface area contributed by atoms with Crippen LogP contribution in [0, 0.1) is 0 Å². The Bertz CT molecular complexity index is 175. The van der Waals surface area contributed by atoms with E-state index >= 15 is 0 Å². The molecule has 1 heteroatoms. The second kappa shape index (κ2) is 6.41. The van der Waals surface area contributed by atoms with Crippen LogP contribution in [-0.4, -0.2) is 5.33 Å². The van der Waals surface area contributed by atoms with Gasteiger partial charge in [-0.3, -0.25) is 0 Å². The van der Waals surface area contributed by atoms with E-state index in [0.717, 1.165) is 17.3 Å². The molecule has 0 nitrogen and oxygen atoms in total. The third-order valence-corrected chi connectivity index (χ3v) is 1.73. The van der Waals surface area contributed by atoms with Crippen molar-refractivity contribution in [3.05, 3.63) is 36.0 Å². The van der Waals surface area contributed by atoms with E-state index in [9.17, 15) is 0 Å². The monoisotopic (exact) mass is 214 g/mol. The molecule has 0 fully saturated rings. The molecule has 0 saturated heterocycles. The topological polar surface area (TPSA) is 0 Å². The standard InChI is InChI=1S/C10H15Br/c1-4-10(7-8-11)6-5-9(2)3/h4-6H,2,7-8H2,1,3H3. The van der Waals surface area contributed by atoms with Crippen molar-refractivity contribution in [2.75, 3.05) is 5.33 Å². The molecule has 0 aromatic rings. The van der Waals surface area contributed by atoms with Gasteiger partial charge in [0.25, 0.3) is 0 Å². The lowest BCUT2D eigenvalue weighted by Gasteiger charge is -1.95. The summed E-state index contributed by atoms with van der Waals surface area (Å²) >= 11 is 3.40. The lowest BCUT2D eigenvalue weighted by Crippen LogP contribution is -1.78. The molecule has 11 heavy (non-hydrogen) atoms. The Balaban J connectivity index is 3.98. The van der Waals surface area contributed by atoms with Gasteiger partial charge in [0.15, 0.2) is 0 Å². The lowest BCUT2D eigenvalue weighted by molar-refractivity contribution is 1.17. The van der Waals surface area contributed by atoms with Crippen molar-refractivity contribution in [3.63, 3.8) is 0 Å². The van der Waals surface area contributed by atoms with Crippen molar-refractivity contribution in [3.8, 4) is 0 Å². The van der Waals surface area contributed by atoms with Crippen molar-refractivity contribution >= 4 is 15.9 Å². The van der Waals surface area contributed by atoms with Gasteiger partial charge in [-0.05, 0) is 20.3 Å². The second-order valence-corrected chi connectivity index (χ2v) is 3.28. The summed E-state index contributed by atoms with van der Waals surface area (Å²) in [5.74, 6) is 0. The lowest BCUT2D eigenvalue weighted by atomic mass is 10.1. The fourth-order valence-corrected chi connectivity index (χ4v) is 1.14. The van der Waals surface area contributed by atoms with Gasteiger partial charge < -0.3 is 0 Å². The Morgan fingerprint density at radius 2 is 2.09 bits per heavy atom. The smallest absolute Gasteiger partial charge is 0.00716 e. The zero-order valence-electron chi connectivity index (χ0n) is 7.23. The summed E-state index contributed by atoms with van der Waals surface area (Å²) in [6, 6.07) is 0. The molecule has 0 heterocycles. The van der Waals surface area contributed by atoms with Crippen molar-refractivity contribution < 1.29 is 0 Å². The Morgan fingerprint density at radius 1 is 1.45 bits per heavy atom. The molecule has 0 rings (SSSR count). The van der Waals surface area contributed by atoms with E-state index in [2.05, 4.69) is 41.6 Å². The van der Waals surface area contributed by atoms with Crippen LogP contribution in [0.1, 0.15) is 20.3 Å². The fourth-order valence-electron chi connectivity index (χ4n) is 0.682. The van der Waals surface area contributed by atoms with Crippen LogP contribution in [-0.2, 0) is 0 Å². The van der Waals surface area contributed by atoms with E-state index in [4.69, 9.17) is 0 Å². The van der Waals surface area contributed by atoms with Gasteiger partial charge in [-0.2, -0.15) is 0 Å². The van der Waals surface area contributed by atoms with Gasteiger partial charge in [0.2, 0.25) is 0 Å². The van der Waals surface area contributed by atoms with Gasteiger partial charge in [-0.25, -0.2) is 0 Å². The highest BCUT2D eigenvalue weighted by Crippen LogP contribution is 2.06. The number of allylic oxidation sites excluding steroid dienone is 5. The molecule has 0 aromatic carbocycles. The average molecular weight is 215 g/mol. The van der Waals surface area contributed by atoms with Crippen LogP contribution in [0.15, 0.2) is 36.0 Å². The number of halogens is 1. The van der Waals surface area contributed by atoms with E-state index in [1.165, 1.54) is 5.57 Å². The fraction of sp³-hybridized carbons (Fsp3) is 0.400. The zero-order valence-corrected chi connectivity index (χ0v) is 8.82. The number of alkyl halides is 1. The first-order valence-corrected chi connectivity index (χ1v) is 4.87. The van der Waals surface area contributed by atoms with Gasteiger partial charge in [0.05, 0.1) is 0 Å². The SMILES string of the molecule is C=C(C)C=CC(=CC)CCBr. The van der Waals surface area contributed by atoms with Crippen LogP contribution in [0.2, 0.25) is 0 Å². The first-order chi connectivity index (χ1) is 5.20. The van der Waals surface area contributed by atoms with Gasteiger partial charge in [0.1, 0.15) is 0 Å². The predicted molar refractivity (Wildman–Crippen MR) is 56.1 cm³/mol. The zero-order chi connectivity index (χ0) is 8.69. The molecule has 0 saturated carbocycles. The molecule has 0 aliphatic heterocycles. The highest BCUT2D eigenvalue weighted by molar-refractivity contribution is 9.09. The molecule has 0 radical (unpaired) electrons. The van der Waals surface area contributed by atoms with E-state index in [0.29, 0.717) is 0 Å². The highest BCUT2D eigenvalue weighted by atomic mass is 79.9. The maximum Gasteiger partial charge on any atom is 0.00716 e. The molecule has 0 aliphatic rings. The Labute approximate surface area is 77.8 Å². The summed E-state index contributed by atoms with van der Waals surface area (Å²) in [6.45, 7) is 7.85. The molecule has 0 N–H and O–H groups in total. The minimum atomic E-state index is 1.02. The quantitative estimate of drug-likeness (QED) is 0.493. The number of hydrogen-bond acceptors (Lipinski definition) is 0. The van der Waals surface area contributed by atoms with Gasteiger partial charge >= 0.3 is 0 Å². The molecule has 62 valence electrons. The molecule has 0 aromatic heterocycles. The molecule has 0 bridgehead atoms. The summed E-state index contributed by atoms with van der Waals surface area (Å²) in [6.07, 6.45) is 7.36. The summed E-state index contributed by atoms with van der Waals surface area (Å²) in [7, 11) is 0. The van der Waals surface area contributed by atoms with Crippen molar-refractivity contribution in [1.29, 1.82) is 0 Å². The van der Waals surface area contributed by atoms with Crippen molar-refractivity contribution in [2.45, 2.75) is 20.3 Å². The molecule has 0 atom stereocenters. The molecule has 0 unspecified atom stereocenters. The number of rotatable bonds is 4. The number of hydrogen-bond donors (Lipinski definition) is 0. The van der Waals surface area contributed by atoms with E-state index in [1.54, 1.807) is 0 Å². The van der Waals surface area contributed by atoms with Crippen LogP contribution in [0.5, 0.6) is 0 Å². The normalized spacial score (nSPS) is 12.5. The van der Waals surface area contributed by atoms with E-state index in [-0.39, 0.29) is 0 Å². The molecule has 0 aliphatic carbocycles. The summed E-state index contributed by atoms with van der Waals surface area (Å²) in [5.41, 5.74) is 2.45. The average Bonchev–Trinajstić information content (AvgIpc) is 1.97. The maximum absolute atomic E-state index is 3.80. The third kappa shape index (κ3) is 6.11. The first kappa shape index (κ1) is 10.7. The third-order valence-electron chi connectivity index (χ3n) is 1.34. The van der Waals surface area contributed by atoms with Crippen LogP contribution < -0.4 is 0 Å². The Kier molecular flexibility index (Phi) is 6.24. The van der Waals surface area contributed by atoms with Gasteiger partial charge in [-0.15, -0.1) is 0 Å². The van der Waals surface area contributed by atoms with Gasteiger partial charge in [-0.1, -0.05) is 51.9 Å². The predicted octanol–water partition coefficient (Wildman–Crippen LogP) is 3.85. The minimum absolute atomic E-state index is 1.02. The van der Waals surface area contributed by atoms with E-state index in [1.807, 2.05) is 13.0 Å². The Morgan fingerprint density at radius 3 is 2.45 bits per heavy atom. The molecular weight excluding hydrogens is 200 g/mol. The minimum Gasteiger partial charge on any atom is -0.0961 e. The van der Waals surface area contributed by atoms with Crippen molar-refractivity contribution in [2.24, 2.45) is 0 Å². The molecule has 0 spiro atoms.